The van der Waals surface area contributed by atoms with Crippen LogP contribution in [0.2, 0.25) is 0 Å². The maximum Gasteiger partial charge on any atom is 0.123 e. The maximum atomic E-state index is 15.8. The Labute approximate surface area is 419 Å². The van der Waals surface area contributed by atoms with E-state index in [9.17, 15) is 5.26 Å². The molecule has 5 nitrogen and oxygen atoms in total. The molecule has 0 unspecified atom stereocenters. The molecule has 4 aromatic heterocycles. The number of benzene rings is 10. The summed E-state index contributed by atoms with van der Waals surface area (Å²) in [6.45, 7) is 11.1. The van der Waals surface area contributed by atoms with Crippen LogP contribution in [0.3, 0.4) is 0 Å². The highest BCUT2D eigenvalue weighted by Gasteiger charge is 2.36. The molecule has 0 saturated carbocycles. The van der Waals surface area contributed by atoms with E-state index in [1.807, 2.05) is 48.5 Å². The molecule has 348 valence electrons. The van der Waals surface area contributed by atoms with Gasteiger partial charge in [-0.05, 0) is 141 Å². The van der Waals surface area contributed by atoms with Gasteiger partial charge in [-0.15, -0.1) is 0 Å². The van der Waals surface area contributed by atoms with Gasteiger partial charge in [0.15, 0.2) is 0 Å². The molecule has 10 aromatic carbocycles. The van der Waals surface area contributed by atoms with Gasteiger partial charge in [0.2, 0.25) is 0 Å². The molecular formula is C66H45F2N5. The van der Waals surface area contributed by atoms with Crippen LogP contribution >= 0.6 is 0 Å². The molecule has 4 heterocycles. The van der Waals surface area contributed by atoms with E-state index in [-0.39, 0.29) is 11.6 Å². The van der Waals surface area contributed by atoms with Crippen LogP contribution in [-0.2, 0) is 0 Å². The van der Waals surface area contributed by atoms with Crippen molar-refractivity contribution >= 4 is 87.2 Å². The second-order valence-electron chi connectivity index (χ2n) is 19.5. The van der Waals surface area contributed by atoms with E-state index < -0.39 is 0 Å². The predicted molar refractivity (Wildman–Crippen MR) is 298 cm³/mol. The predicted octanol–water partition coefficient (Wildman–Crippen LogP) is 17.4. The van der Waals surface area contributed by atoms with Crippen LogP contribution in [0.4, 0.5) is 8.78 Å². The van der Waals surface area contributed by atoms with Crippen molar-refractivity contribution in [3.63, 3.8) is 0 Å². The zero-order valence-corrected chi connectivity index (χ0v) is 40.8. The van der Waals surface area contributed by atoms with Gasteiger partial charge in [-0.1, -0.05) is 109 Å². The molecule has 73 heavy (non-hydrogen) atoms. The van der Waals surface area contributed by atoms with Gasteiger partial charge < -0.3 is 18.3 Å². The first-order valence-corrected chi connectivity index (χ1v) is 24.7. The Balaban J connectivity index is 1.40. The second-order valence-corrected chi connectivity index (χ2v) is 19.5. The number of hydrogen-bond acceptors (Lipinski definition) is 1. The zero-order valence-electron chi connectivity index (χ0n) is 40.8. The average molecular weight is 946 g/mol. The first-order valence-electron chi connectivity index (χ1n) is 24.7. The number of rotatable bonds is 5. The standard InChI is InChI=1S/C66H45F2N5/c1-37-38(2)40(4)61(41(5)39(37)3)62-65(72-53-24-12-6-18-44(53)45-19-7-13-25-54(45)72)63(70-57-28-16-10-22-48(57)50-34-42(67)30-32-59(50)70)52(36-69)64(71-58-29-17-11-23-49(58)51-35-43(68)31-33-60(51)71)66(62)73-55-26-14-8-20-46(55)47-21-9-15-27-56(47)73/h6-35H,1-5H3. The Kier molecular flexibility index (Phi) is 9.12. The highest BCUT2D eigenvalue weighted by Crippen LogP contribution is 2.53. The van der Waals surface area contributed by atoms with Gasteiger partial charge in [0, 0.05) is 48.7 Å². The molecule has 0 N–H and O–H groups in total. The third-order valence-electron chi connectivity index (χ3n) is 16.1. The van der Waals surface area contributed by atoms with Crippen molar-refractivity contribution in [1.29, 1.82) is 5.26 Å². The molecule has 0 bridgehead atoms. The highest BCUT2D eigenvalue weighted by molar-refractivity contribution is 6.17. The SMILES string of the molecule is Cc1c(C)c(C)c(-c2c(-n3c4ccccc4c4ccccc43)c(-n3c4ccccc4c4cc(F)ccc43)c(C#N)c(-n3c4ccccc4c4cc(F)ccc43)c2-n2c3ccccc3c3ccccc32)c(C)c1C. The minimum absolute atomic E-state index is 0.351. The first-order chi connectivity index (χ1) is 35.7. The number of aromatic nitrogens is 4. The van der Waals surface area contributed by atoms with Crippen LogP contribution in [0.15, 0.2) is 182 Å². The lowest BCUT2D eigenvalue weighted by atomic mass is 9.83. The second kappa shape index (κ2) is 15.6. The molecule has 14 aromatic rings. The minimum atomic E-state index is -0.351. The largest absolute Gasteiger partial charge is 0.306 e. The van der Waals surface area contributed by atoms with Crippen molar-refractivity contribution in [3.8, 4) is 39.9 Å². The molecule has 14 rings (SSSR count). The summed E-state index contributed by atoms with van der Waals surface area (Å²) in [5.41, 5.74) is 17.9. The van der Waals surface area contributed by atoms with Crippen molar-refractivity contribution < 1.29 is 8.78 Å². The lowest BCUT2D eigenvalue weighted by molar-refractivity contribution is 0.629. The molecule has 0 fully saturated rings. The van der Waals surface area contributed by atoms with Gasteiger partial charge in [0.25, 0.3) is 0 Å². The van der Waals surface area contributed by atoms with Crippen LogP contribution in [0.1, 0.15) is 33.4 Å². The summed E-state index contributed by atoms with van der Waals surface area (Å²) < 4.78 is 40.8. The van der Waals surface area contributed by atoms with E-state index in [4.69, 9.17) is 0 Å². The number of nitriles is 1. The maximum absolute atomic E-state index is 15.8. The summed E-state index contributed by atoms with van der Waals surface area (Å²) >= 11 is 0. The molecule has 0 spiro atoms. The fourth-order valence-corrected chi connectivity index (χ4v) is 12.5. The smallest absolute Gasteiger partial charge is 0.123 e. The average Bonchev–Trinajstić information content (AvgIpc) is 4.14. The number of hydrogen-bond donors (Lipinski definition) is 0. The van der Waals surface area contributed by atoms with E-state index in [1.54, 1.807) is 12.1 Å². The molecule has 0 aliphatic rings. The molecule has 0 radical (unpaired) electrons. The van der Waals surface area contributed by atoms with Crippen LogP contribution in [0.25, 0.3) is 121 Å². The molecule has 0 aliphatic carbocycles. The molecule has 0 atom stereocenters. The third-order valence-corrected chi connectivity index (χ3v) is 16.1. The van der Waals surface area contributed by atoms with Crippen LogP contribution in [0, 0.1) is 57.6 Å². The Bertz CT molecular complexity index is 4380. The van der Waals surface area contributed by atoms with Crippen molar-refractivity contribution in [2.75, 3.05) is 0 Å². The monoisotopic (exact) mass is 945 g/mol. The number of para-hydroxylation sites is 6. The van der Waals surface area contributed by atoms with Gasteiger partial charge in [-0.25, -0.2) is 8.78 Å². The molecule has 0 saturated heterocycles. The van der Waals surface area contributed by atoms with Gasteiger partial charge >= 0.3 is 0 Å². The van der Waals surface area contributed by atoms with Gasteiger partial charge in [0.05, 0.1) is 66.9 Å². The normalized spacial score (nSPS) is 12.0. The van der Waals surface area contributed by atoms with Crippen LogP contribution in [0.5, 0.6) is 0 Å². The molecular weight excluding hydrogens is 901 g/mol. The molecule has 0 aliphatic heterocycles. The first kappa shape index (κ1) is 42.6. The summed E-state index contributed by atoms with van der Waals surface area (Å²) in [5, 5.41) is 20.2. The van der Waals surface area contributed by atoms with Crippen LogP contribution in [-0.4, -0.2) is 18.3 Å². The third kappa shape index (κ3) is 5.75. The van der Waals surface area contributed by atoms with E-state index in [0.717, 1.165) is 121 Å². The minimum Gasteiger partial charge on any atom is -0.306 e. The van der Waals surface area contributed by atoms with Crippen LogP contribution < -0.4 is 0 Å². The van der Waals surface area contributed by atoms with E-state index >= 15 is 8.78 Å². The summed E-state index contributed by atoms with van der Waals surface area (Å²) in [4.78, 5) is 0. The molecule has 7 heteroatoms. The Morgan fingerprint density at radius 1 is 0.301 bits per heavy atom. The quantitative estimate of drug-likeness (QED) is 0.170. The summed E-state index contributed by atoms with van der Waals surface area (Å²) in [6.07, 6.45) is 0. The summed E-state index contributed by atoms with van der Waals surface area (Å²) in [6, 6.07) is 63.2. The fraction of sp³-hybridized carbons (Fsp3) is 0.0758. The van der Waals surface area contributed by atoms with Crippen molar-refractivity contribution in [2.24, 2.45) is 0 Å². The number of nitrogens with zero attached hydrogens (tertiary/aromatic N) is 5. The van der Waals surface area contributed by atoms with Crippen molar-refractivity contribution in [2.45, 2.75) is 34.6 Å². The van der Waals surface area contributed by atoms with Gasteiger partial charge in [-0.2, -0.15) is 5.26 Å². The van der Waals surface area contributed by atoms with Crippen molar-refractivity contribution in [1.82, 2.24) is 18.3 Å². The number of fused-ring (bicyclic) bond motifs is 12. The zero-order chi connectivity index (χ0) is 49.6. The lowest BCUT2D eigenvalue weighted by Crippen LogP contribution is -2.17. The van der Waals surface area contributed by atoms with Gasteiger partial charge in [0.1, 0.15) is 23.3 Å². The van der Waals surface area contributed by atoms with Gasteiger partial charge in [-0.3, -0.25) is 0 Å². The highest BCUT2D eigenvalue weighted by atomic mass is 19.1. The summed E-state index contributed by atoms with van der Waals surface area (Å²) in [7, 11) is 0. The van der Waals surface area contributed by atoms with E-state index in [1.165, 1.54) is 28.8 Å². The number of halogens is 2. The Hall–Kier alpha value is -9.25. The van der Waals surface area contributed by atoms with Crippen molar-refractivity contribution in [3.05, 3.63) is 227 Å². The topological polar surface area (TPSA) is 43.5 Å². The fourth-order valence-electron chi connectivity index (χ4n) is 12.5. The Morgan fingerprint density at radius 3 is 0.877 bits per heavy atom. The van der Waals surface area contributed by atoms with E-state index in [0.29, 0.717) is 16.9 Å². The Morgan fingerprint density at radius 2 is 0.562 bits per heavy atom. The lowest BCUT2D eigenvalue weighted by Gasteiger charge is -2.31. The molecule has 0 amide bonds. The van der Waals surface area contributed by atoms with E-state index in [2.05, 4.69) is 168 Å². The summed E-state index contributed by atoms with van der Waals surface area (Å²) in [5.74, 6) is -0.702.